The van der Waals surface area contributed by atoms with Crippen molar-refractivity contribution in [2.24, 2.45) is 5.73 Å². The van der Waals surface area contributed by atoms with E-state index in [1.165, 1.54) is 6.07 Å². The second kappa shape index (κ2) is 8.55. The zero-order valence-electron chi connectivity index (χ0n) is 14.3. The summed E-state index contributed by atoms with van der Waals surface area (Å²) in [6.07, 6.45) is 0.664. The summed E-state index contributed by atoms with van der Waals surface area (Å²) >= 11 is 11.5. The highest BCUT2D eigenvalue weighted by Gasteiger charge is 2.16. The highest BCUT2D eigenvalue weighted by molar-refractivity contribution is 7.71. The summed E-state index contributed by atoms with van der Waals surface area (Å²) in [5.74, 6) is 0.0276. The number of amides is 1. The van der Waals surface area contributed by atoms with Crippen LogP contribution in [0.5, 0.6) is 0 Å². The van der Waals surface area contributed by atoms with Crippen LogP contribution in [0.2, 0.25) is 5.02 Å². The van der Waals surface area contributed by atoms with Crippen molar-refractivity contribution in [1.29, 1.82) is 0 Å². The Morgan fingerprint density at radius 2 is 2.20 bits per heavy atom. The van der Waals surface area contributed by atoms with Crippen LogP contribution in [0.15, 0.2) is 18.2 Å². The van der Waals surface area contributed by atoms with Gasteiger partial charge >= 0.3 is 0 Å². The van der Waals surface area contributed by atoms with E-state index in [1.807, 2.05) is 18.5 Å². The molecule has 1 aromatic heterocycles. The lowest BCUT2D eigenvalue weighted by molar-refractivity contribution is -0.917. The molecule has 6 nitrogen and oxygen atoms in total. The van der Waals surface area contributed by atoms with Gasteiger partial charge < -0.3 is 15.2 Å². The van der Waals surface area contributed by atoms with Crippen molar-refractivity contribution in [2.45, 2.75) is 39.5 Å². The van der Waals surface area contributed by atoms with Crippen molar-refractivity contribution in [1.82, 2.24) is 14.3 Å². The number of primary amides is 1. The minimum atomic E-state index is -0.375. The van der Waals surface area contributed by atoms with Crippen molar-refractivity contribution < 1.29 is 14.1 Å². The van der Waals surface area contributed by atoms with Gasteiger partial charge in [-0.3, -0.25) is 4.79 Å². The summed E-state index contributed by atoms with van der Waals surface area (Å²) in [6.45, 7) is 3.49. The van der Waals surface area contributed by atoms with Crippen LogP contribution >= 0.6 is 23.8 Å². The second-order valence-corrected chi connectivity index (χ2v) is 6.67. The van der Waals surface area contributed by atoms with Gasteiger partial charge in [0, 0.05) is 19.4 Å². The third-order valence-electron chi connectivity index (χ3n) is 3.87. The minimum absolute atomic E-state index is 0.222. The predicted molar refractivity (Wildman–Crippen MR) is 96.2 cm³/mol. The number of nitrogens with one attached hydrogen (secondary N) is 1. The van der Waals surface area contributed by atoms with Crippen molar-refractivity contribution in [3.8, 4) is 0 Å². The van der Waals surface area contributed by atoms with Crippen LogP contribution in [0.1, 0.15) is 24.7 Å². The zero-order chi connectivity index (χ0) is 18.6. The molecule has 1 atom stereocenters. The molecular weight excluding hydrogens is 365 g/mol. The highest BCUT2D eigenvalue weighted by atomic mass is 35.5. The third-order valence-corrected chi connectivity index (χ3v) is 4.66. The van der Waals surface area contributed by atoms with Gasteiger partial charge in [0.15, 0.2) is 6.67 Å². The smallest absolute Gasteiger partial charge is 0.217 e. The third kappa shape index (κ3) is 4.87. The minimum Gasteiger partial charge on any atom is -0.370 e. The number of quaternary nitrogens is 1. The highest BCUT2D eigenvalue weighted by Crippen LogP contribution is 2.17. The molecule has 2 aromatic rings. The van der Waals surface area contributed by atoms with Gasteiger partial charge in [0.05, 0.1) is 17.6 Å². The first kappa shape index (κ1) is 19.6. The molecule has 0 aliphatic rings. The predicted octanol–water partition coefficient (Wildman–Crippen LogP) is 1.32. The van der Waals surface area contributed by atoms with E-state index in [9.17, 15) is 9.18 Å². The molecule has 0 spiro atoms. The van der Waals surface area contributed by atoms with Gasteiger partial charge in [-0.1, -0.05) is 17.7 Å². The molecule has 136 valence electrons. The molecule has 2 rings (SSSR count). The normalized spacial score (nSPS) is 12.3. The molecule has 0 radical (unpaired) electrons. The summed E-state index contributed by atoms with van der Waals surface area (Å²) in [6, 6.07) is 4.65. The monoisotopic (exact) mass is 386 g/mol. The Hall–Kier alpha value is -1.77. The zero-order valence-corrected chi connectivity index (χ0v) is 15.8. The molecule has 3 N–H and O–H groups in total. The Kier molecular flexibility index (Phi) is 6.69. The van der Waals surface area contributed by atoms with Gasteiger partial charge in [0.2, 0.25) is 10.7 Å². The molecule has 0 bridgehead atoms. The Balaban J connectivity index is 2.16. The van der Waals surface area contributed by atoms with E-state index < -0.39 is 0 Å². The van der Waals surface area contributed by atoms with Crippen LogP contribution < -0.4 is 10.6 Å². The van der Waals surface area contributed by atoms with E-state index in [4.69, 9.17) is 29.6 Å². The van der Waals surface area contributed by atoms with Gasteiger partial charge in [-0.2, -0.15) is 9.78 Å². The lowest BCUT2D eigenvalue weighted by Crippen LogP contribution is -3.07. The number of nitrogens with zero attached hydrogens (tertiary/aromatic N) is 3. The lowest BCUT2D eigenvalue weighted by atomic mass is 10.2. The molecule has 1 aromatic carbocycles. The van der Waals surface area contributed by atoms with E-state index in [0.717, 1.165) is 10.7 Å². The number of hydrogen-bond acceptors (Lipinski definition) is 3. The van der Waals surface area contributed by atoms with E-state index >= 15 is 0 Å². The molecule has 0 aliphatic heterocycles. The largest absolute Gasteiger partial charge is 0.370 e. The van der Waals surface area contributed by atoms with Gasteiger partial charge in [-0.05, 0) is 31.3 Å². The molecule has 0 saturated heterocycles. The Morgan fingerprint density at radius 1 is 1.48 bits per heavy atom. The average Bonchev–Trinajstić information content (AvgIpc) is 2.84. The van der Waals surface area contributed by atoms with Gasteiger partial charge in [0.1, 0.15) is 18.2 Å². The van der Waals surface area contributed by atoms with E-state index in [-0.39, 0.29) is 18.1 Å². The number of rotatable bonds is 8. The topological polar surface area (TPSA) is 70.3 Å². The number of carbonyl (C=O) groups is 1. The van der Waals surface area contributed by atoms with Gasteiger partial charge in [0.25, 0.3) is 0 Å². The fraction of sp³-hybridized carbons (Fsp3) is 0.438. The van der Waals surface area contributed by atoms with Crippen LogP contribution in [0, 0.1) is 10.6 Å². The molecule has 0 aliphatic carbocycles. The summed E-state index contributed by atoms with van der Waals surface area (Å²) in [5, 5.41) is 4.91. The number of aryl methyl sites for hydroxylation is 1. The Labute approximate surface area is 156 Å². The Bertz CT molecular complexity index is 799. The first-order valence-electron chi connectivity index (χ1n) is 8.02. The van der Waals surface area contributed by atoms with Crippen LogP contribution in [0.3, 0.4) is 0 Å². The molecule has 1 unspecified atom stereocenters. The standard InChI is InChI=1S/C16H21ClFN5OS/c1-3-22-15(8-7-14(19)24)20-23(16(22)25)10-21(2)9-11-12(17)5-4-6-13(11)18/h4-6H,3,7-10H2,1-2H3,(H2,19,24)/p+1. The number of benzene rings is 1. The van der Waals surface area contributed by atoms with Crippen LogP contribution in [0.4, 0.5) is 4.39 Å². The molecule has 0 saturated carbocycles. The molecule has 1 amide bonds. The maximum Gasteiger partial charge on any atom is 0.217 e. The molecule has 25 heavy (non-hydrogen) atoms. The summed E-state index contributed by atoms with van der Waals surface area (Å²) in [4.78, 5) is 12.0. The van der Waals surface area contributed by atoms with E-state index in [2.05, 4.69) is 5.10 Å². The summed E-state index contributed by atoms with van der Waals surface area (Å²) in [7, 11) is 1.92. The first-order valence-corrected chi connectivity index (χ1v) is 8.81. The van der Waals surface area contributed by atoms with E-state index in [0.29, 0.717) is 41.5 Å². The molecule has 0 fully saturated rings. The summed E-state index contributed by atoms with van der Waals surface area (Å²) < 4.78 is 18.1. The molecular formula is C16H22ClFN5OS+. The second-order valence-electron chi connectivity index (χ2n) is 5.90. The van der Waals surface area contributed by atoms with E-state index in [1.54, 1.807) is 16.8 Å². The van der Waals surface area contributed by atoms with Crippen LogP contribution in [-0.4, -0.2) is 27.3 Å². The number of nitrogens with two attached hydrogens (primary N) is 1. The number of carbonyl (C=O) groups excluding carboxylic acids is 1. The van der Waals surface area contributed by atoms with Crippen molar-refractivity contribution in [2.75, 3.05) is 7.05 Å². The van der Waals surface area contributed by atoms with Crippen molar-refractivity contribution >= 4 is 29.7 Å². The number of halogens is 2. The maximum atomic E-state index is 13.9. The number of aromatic nitrogens is 3. The Morgan fingerprint density at radius 3 is 2.80 bits per heavy atom. The van der Waals surface area contributed by atoms with Gasteiger partial charge in [-0.25, -0.2) is 4.39 Å². The number of hydrogen-bond donors (Lipinski definition) is 2. The maximum absolute atomic E-state index is 13.9. The fourth-order valence-electron chi connectivity index (χ4n) is 2.64. The molecule has 1 heterocycles. The van der Waals surface area contributed by atoms with Crippen molar-refractivity contribution in [3.05, 3.63) is 45.2 Å². The molecule has 9 heteroatoms. The first-order chi connectivity index (χ1) is 11.8. The van der Waals surface area contributed by atoms with Gasteiger partial charge in [-0.15, -0.1) is 0 Å². The fourth-order valence-corrected chi connectivity index (χ4v) is 3.21. The van der Waals surface area contributed by atoms with Crippen LogP contribution in [0.25, 0.3) is 0 Å². The average molecular weight is 387 g/mol. The van der Waals surface area contributed by atoms with Crippen LogP contribution in [-0.2, 0) is 31.0 Å². The summed E-state index contributed by atoms with van der Waals surface area (Å²) in [5.41, 5.74) is 5.68. The quantitative estimate of drug-likeness (QED) is 0.672. The lowest BCUT2D eigenvalue weighted by Gasteiger charge is -2.15. The van der Waals surface area contributed by atoms with Crippen molar-refractivity contribution in [3.63, 3.8) is 0 Å². The SMILES string of the molecule is CCn1c(CCC(N)=O)nn(C[NH+](C)Cc2c(F)cccc2Cl)c1=S.